The van der Waals surface area contributed by atoms with E-state index < -0.39 is 0 Å². The second kappa shape index (κ2) is 4.43. The Bertz CT molecular complexity index is 632. The Morgan fingerprint density at radius 3 is 2.53 bits per heavy atom. The maximum Gasteiger partial charge on any atom is 0.244 e. The highest BCUT2D eigenvalue weighted by atomic mass is 16.2. The molecule has 1 heterocycles. The van der Waals surface area contributed by atoms with E-state index in [9.17, 15) is 4.79 Å². The van der Waals surface area contributed by atoms with Gasteiger partial charge in [-0.2, -0.15) is 0 Å². The van der Waals surface area contributed by atoms with Crippen molar-refractivity contribution < 1.29 is 4.79 Å². The highest BCUT2D eigenvalue weighted by Crippen LogP contribution is 2.36. The van der Waals surface area contributed by atoms with Crippen molar-refractivity contribution in [1.29, 1.82) is 0 Å². The molecule has 2 aromatic carbocycles. The third-order valence-corrected chi connectivity index (χ3v) is 3.45. The number of aryl methyl sites for hydroxylation is 2. The molecule has 3 heteroatoms. The fraction of sp³-hybridized carbons (Fsp3) is 0.188. The van der Waals surface area contributed by atoms with Crippen molar-refractivity contribution in [2.24, 2.45) is 0 Å². The standard InChI is InChI=1S/C16H16N2O/c1-11-6-8-13(9-7-11)18-10-15(19)17-16-12(2)4-3-5-14(16)18/h3-9H,10H2,1-2H3,(H,17,19). The lowest BCUT2D eigenvalue weighted by molar-refractivity contribution is -0.115. The minimum atomic E-state index is 0.0300. The molecule has 0 aromatic heterocycles. The molecule has 0 aliphatic carbocycles. The summed E-state index contributed by atoms with van der Waals surface area (Å²) in [5.74, 6) is 0.0300. The van der Waals surface area contributed by atoms with Gasteiger partial charge in [0.2, 0.25) is 5.91 Å². The number of fused-ring (bicyclic) bond motifs is 1. The summed E-state index contributed by atoms with van der Waals surface area (Å²) in [4.78, 5) is 13.9. The average molecular weight is 252 g/mol. The summed E-state index contributed by atoms with van der Waals surface area (Å²) in [6, 6.07) is 14.3. The lowest BCUT2D eigenvalue weighted by Crippen LogP contribution is -2.35. The Balaban J connectivity index is 2.11. The number of benzene rings is 2. The lowest BCUT2D eigenvalue weighted by atomic mass is 10.1. The molecule has 1 aliphatic rings. The van der Waals surface area contributed by atoms with Gasteiger partial charge in [-0.3, -0.25) is 4.79 Å². The molecule has 19 heavy (non-hydrogen) atoms. The molecule has 96 valence electrons. The first kappa shape index (κ1) is 11.8. The van der Waals surface area contributed by atoms with E-state index >= 15 is 0 Å². The zero-order valence-corrected chi connectivity index (χ0v) is 11.1. The second-order valence-electron chi connectivity index (χ2n) is 4.94. The number of carbonyl (C=O) groups excluding carboxylic acids is 1. The first-order valence-corrected chi connectivity index (χ1v) is 6.39. The molecule has 0 saturated heterocycles. The van der Waals surface area contributed by atoms with Crippen molar-refractivity contribution in [3.63, 3.8) is 0 Å². The number of hydrogen-bond acceptors (Lipinski definition) is 2. The van der Waals surface area contributed by atoms with Crippen LogP contribution in [0.2, 0.25) is 0 Å². The van der Waals surface area contributed by atoms with E-state index in [4.69, 9.17) is 0 Å². The number of nitrogens with one attached hydrogen (secondary N) is 1. The summed E-state index contributed by atoms with van der Waals surface area (Å²) in [6.07, 6.45) is 0. The Kier molecular flexibility index (Phi) is 2.75. The summed E-state index contributed by atoms with van der Waals surface area (Å²) in [5, 5.41) is 2.96. The van der Waals surface area contributed by atoms with Crippen LogP contribution in [0.3, 0.4) is 0 Å². The van der Waals surface area contributed by atoms with Gasteiger partial charge in [-0.05, 0) is 37.6 Å². The van der Waals surface area contributed by atoms with Gasteiger partial charge < -0.3 is 10.2 Å². The first-order valence-electron chi connectivity index (χ1n) is 6.39. The van der Waals surface area contributed by atoms with Crippen LogP contribution in [0.1, 0.15) is 11.1 Å². The molecule has 0 radical (unpaired) electrons. The molecule has 0 fully saturated rings. The molecular weight excluding hydrogens is 236 g/mol. The average Bonchev–Trinajstić information content (AvgIpc) is 2.40. The highest BCUT2D eigenvalue weighted by Gasteiger charge is 2.23. The van der Waals surface area contributed by atoms with Gasteiger partial charge >= 0.3 is 0 Å². The van der Waals surface area contributed by atoms with Crippen LogP contribution in [-0.4, -0.2) is 12.5 Å². The zero-order chi connectivity index (χ0) is 13.4. The van der Waals surface area contributed by atoms with Crippen LogP contribution in [0, 0.1) is 13.8 Å². The number of rotatable bonds is 1. The Morgan fingerprint density at radius 1 is 1.05 bits per heavy atom. The number of nitrogens with zero attached hydrogens (tertiary/aromatic N) is 1. The third-order valence-electron chi connectivity index (χ3n) is 3.45. The molecule has 3 nitrogen and oxygen atoms in total. The summed E-state index contributed by atoms with van der Waals surface area (Å²) in [6.45, 7) is 4.43. The first-order chi connectivity index (χ1) is 9.15. The summed E-state index contributed by atoms with van der Waals surface area (Å²) >= 11 is 0. The number of hydrogen-bond donors (Lipinski definition) is 1. The Hall–Kier alpha value is -2.29. The van der Waals surface area contributed by atoms with Crippen molar-refractivity contribution in [3.8, 4) is 0 Å². The van der Waals surface area contributed by atoms with Crippen LogP contribution in [0.15, 0.2) is 42.5 Å². The maximum absolute atomic E-state index is 11.9. The fourth-order valence-corrected chi connectivity index (χ4v) is 2.40. The molecule has 0 unspecified atom stereocenters. The van der Waals surface area contributed by atoms with Crippen LogP contribution >= 0.6 is 0 Å². The normalized spacial score (nSPS) is 14.0. The third kappa shape index (κ3) is 2.08. The van der Waals surface area contributed by atoms with Gasteiger partial charge in [0.15, 0.2) is 0 Å². The number of amides is 1. The van der Waals surface area contributed by atoms with Gasteiger partial charge in [-0.15, -0.1) is 0 Å². The topological polar surface area (TPSA) is 32.3 Å². The lowest BCUT2D eigenvalue weighted by Gasteiger charge is -2.32. The van der Waals surface area contributed by atoms with Crippen LogP contribution in [-0.2, 0) is 4.79 Å². The summed E-state index contributed by atoms with van der Waals surface area (Å²) in [7, 11) is 0. The minimum absolute atomic E-state index is 0.0300. The van der Waals surface area contributed by atoms with Crippen molar-refractivity contribution in [1.82, 2.24) is 0 Å². The van der Waals surface area contributed by atoms with Gasteiger partial charge in [0.05, 0.1) is 11.4 Å². The molecule has 1 amide bonds. The number of anilines is 3. The van der Waals surface area contributed by atoms with Crippen LogP contribution < -0.4 is 10.2 Å². The fourth-order valence-electron chi connectivity index (χ4n) is 2.40. The van der Waals surface area contributed by atoms with E-state index in [0.29, 0.717) is 6.54 Å². The molecule has 0 bridgehead atoms. The van der Waals surface area contributed by atoms with Gasteiger partial charge in [-0.1, -0.05) is 29.8 Å². The monoisotopic (exact) mass is 252 g/mol. The largest absolute Gasteiger partial charge is 0.330 e. The molecule has 1 aliphatic heterocycles. The van der Waals surface area contributed by atoms with E-state index in [1.165, 1.54) is 5.56 Å². The van der Waals surface area contributed by atoms with Crippen LogP contribution in [0.4, 0.5) is 17.1 Å². The van der Waals surface area contributed by atoms with Crippen molar-refractivity contribution in [3.05, 3.63) is 53.6 Å². The van der Waals surface area contributed by atoms with Crippen LogP contribution in [0.5, 0.6) is 0 Å². The van der Waals surface area contributed by atoms with Crippen molar-refractivity contribution >= 4 is 23.0 Å². The number of para-hydroxylation sites is 1. The van der Waals surface area contributed by atoms with Crippen molar-refractivity contribution in [2.45, 2.75) is 13.8 Å². The van der Waals surface area contributed by atoms with Gasteiger partial charge in [-0.25, -0.2) is 0 Å². The maximum atomic E-state index is 11.9. The summed E-state index contributed by atoms with van der Waals surface area (Å²) < 4.78 is 0. The summed E-state index contributed by atoms with van der Waals surface area (Å²) in [5.41, 5.74) is 5.33. The van der Waals surface area contributed by atoms with Crippen LogP contribution in [0.25, 0.3) is 0 Å². The molecule has 0 spiro atoms. The van der Waals surface area contributed by atoms with E-state index in [1.54, 1.807) is 0 Å². The predicted molar refractivity (Wildman–Crippen MR) is 78.0 cm³/mol. The van der Waals surface area contributed by atoms with Crippen molar-refractivity contribution in [2.75, 3.05) is 16.8 Å². The van der Waals surface area contributed by atoms with E-state index in [-0.39, 0.29) is 5.91 Å². The quantitative estimate of drug-likeness (QED) is 0.843. The minimum Gasteiger partial charge on any atom is -0.330 e. The van der Waals surface area contributed by atoms with E-state index in [1.807, 2.05) is 25.1 Å². The Labute approximate surface area is 112 Å². The Morgan fingerprint density at radius 2 is 1.79 bits per heavy atom. The molecular formula is C16H16N2O. The molecule has 0 saturated carbocycles. The smallest absolute Gasteiger partial charge is 0.244 e. The van der Waals surface area contributed by atoms with Gasteiger partial charge in [0.1, 0.15) is 6.54 Å². The highest BCUT2D eigenvalue weighted by molar-refractivity contribution is 6.04. The van der Waals surface area contributed by atoms with E-state index in [0.717, 1.165) is 22.6 Å². The molecule has 1 N–H and O–H groups in total. The second-order valence-corrected chi connectivity index (χ2v) is 4.94. The predicted octanol–water partition coefficient (Wildman–Crippen LogP) is 3.39. The molecule has 3 rings (SSSR count). The number of carbonyl (C=O) groups is 1. The molecule has 0 atom stereocenters. The van der Waals surface area contributed by atoms with E-state index in [2.05, 4.69) is 41.4 Å². The molecule has 2 aromatic rings. The van der Waals surface area contributed by atoms with Gasteiger partial charge in [0.25, 0.3) is 0 Å². The van der Waals surface area contributed by atoms with Gasteiger partial charge in [0, 0.05) is 5.69 Å². The zero-order valence-electron chi connectivity index (χ0n) is 11.1. The SMILES string of the molecule is Cc1ccc(N2CC(=O)Nc3c(C)cccc32)cc1.